The molecule has 1 aliphatic heterocycles. The van der Waals surface area contributed by atoms with Gasteiger partial charge in [0, 0.05) is 12.2 Å². The minimum absolute atomic E-state index is 0. The summed E-state index contributed by atoms with van der Waals surface area (Å²) in [6.45, 7) is 4.57. The van der Waals surface area contributed by atoms with Gasteiger partial charge in [-0.1, -0.05) is 53.5 Å². The lowest BCUT2D eigenvalue weighted by molar-refractivity contribution is 0.183. The van der Waals surface area contributed by atoms with Crippen LogP contribution in [-0.2, 0) is 6.42 Å². The second-order valence-corrected chi connectivity index (χ2v) is 7.70. The van der Waals surface area contributed by atoms with Crippen LogP contribution in [0.3, 0.4) is 0 Å². The second-order valence-electron chi connectivity index (χ2n) is 6.88. The van der Waals surface area contributed by atoms with Crippen LogP contribution in [0.5, 0.6) is 0 Å². The Balaban J connectivity index is 0.00000243. The van der Waals surface area contributed by atoms with E-state index in [4.69, 9.17) is 23.2 Å². The highest BCUT2D eigenvalue weighted by molar-refractivity contribution is 6.42. The number of anilines is 1. The fraction of sp³-hybridized carbons (Fsp3) is 0.429. The molecule has 0 spiro atoms. The third-order valence-corrected chi connectivity index (χ3v) is 5.71. The van der Waals surface area contributed by atoms with E-state index < -0.39 is 0 Å². The molecule has 0 unspecified atom stereocenters. The molecule has 0 aliphatic carbocycles. The highest BCUT2D eigenvalue weighted by atomic mass is 35.5. The summed E-state index contributed by atoms with van der Waals surface area (Å²) in [5.41, 5.74) is 2.52. The predicted octanol–water partition coefficient (Wildman–Crippen LogP) is 6.17. The van der Waals surface area contributed by atoms with Crippen molar-refractivity contribution >= 4 is 41.3 Å². The molecule has 1 saturated heterocycles. The molecule has 2 aromatic carbocycles. The summed E-state index contributed by atoms with van der Waals surface area (Å²) in [5, 5.41) is 4.63. The van der Waals surface area contributed by atoms with Crippen molar-refractivity contribution in [3.8, 4) is 0 Å². The van der Waals surface area contributed by atoms with E-state index in [1.807, 2.05) is 18.2 Å². The van der Waals surface area contributed by atoms with Crippen molar-refractivity contribution in [2.24, 2.45) is 5.92 Å². The number of nitrogens with zero attached hydrogens (tertiary/aromatic N) is 1. The fourth-order valence-electron chi connectivity index (χ4n) is 3.50. The molecular formula is C21H27Cl3N2. The van der Waals surface area contributed by atoms with Gasteiger partial charge < -0.3 is 10.2 Å². The van der Waals surface area contributed by atoms with E-state index in [9.17, 15) is 0 Å². The van der Waals surface area contributed by atoms with Crippen molar-refractivity contribution in [2.75, 3.05) is 31.5 Å². The maximum atomic E-state index is 6.04. The summed E-state index contributed by atoms with van der Waals surface area (Å²) in [6.07, 6.45) is 5.00. The van der Waals surface area contributed by atoms with Crippen molar-refractivity contribution in [2.45, 2.75) is 25.7 Å². The van der Waals surface area contributed by atoms with Crippen molar-refractivity contribution in [1.29, 1.82) is 0 Å². The molecular weight excluding hydrogens is 387 g/mol. The van der Waals surface area contributed by atoms with Crippen LogP contribution < -0.4 is 5.32 Å². The quantitative estimate of drug-likeness (QED) is 0.546. The van der Waals surface area contributed by atoms with Gasteiger partial charge in [-0.3, -0.25) is 0 Å². The summed E-state index contributed by atoms with van der Waals surface area (Å²) < 4.78 is 0. The average Bonchev–Trinajstić information content (AvgIpc) is 2.64. The van der Waals surface area contributed by atoms with E-state index in [0.717, 1.165) is 31.1 Å². The molecule has 0 amide bonds. The summed E-state index contributed by atoms with van der Waals surface area (Å²) >= 11 is 12.0. The first kappa shape index (κ1) is 21.4. The molecule has 0 atom stereocenters. The van der Waals surface area contributed by atoms with E-state index in [0.29, 0.717) is 10.0 Å². The number of halogens is 3. The third-order valence-electron chi connectivity index (χ3n) is 4.97. The Morgan fingerprint density at radius 2 is 1.69 bits per heavy atom. The Bertz CT molecular complexity index is 656. The predicted molar refractivity (Wildman–Crippen MR) is 116 cm³/mol. The molecule has 142 valence electrons. The topological polar surface area (TPSA) is 15.3 Å². The average molecular weight is 414 g/mol. The molecule has 2 nitrogen and oxygen atoms in total. The largest absolute Gasteiger partial charge is 0.385 e. The minimum atomic E-state index is 0. The van der Waals surface area contributed by atoms with Gasteiger partial charge in [-0.25, -0.2) is 0 Å². The monoisotopic (exact) mass is 412 g/mol. The number of likely N-dealkylation sites (tertiary alicyclic amines) is 1. The van der Waals surface area contributed by atoms with Gasteiger partial charge in [0.05, 0.1) is 10.0 Å². The molecule has 5 heteroatoms. The third kappa shape index (κ3) is 6.66. The highest BCUT2D eigenvalue weighted by Crippen LogP contribution is 2.25. The summed E-state index contributed by atoms with van der Waals surface area (Å²) in [5.74, 6) is 0.841. The lowest BCUT2D eigenvalue weighted by Crippen LogP contribution is -2.35. The van der Waals surface area contributed by atoms with Crippen LogP contribution in [0.15, 0.2) is 48.5 Å². The van der Waals surface area contributed by atoms with Crippen molar-refractivity contribution in [3.05, 3.63) is 64.1 Å². The van der Waals surface area contributed by atoms with Gasteiger partial charge in [0.25, 0.3) is 0 Å². The number of hydrogen-bond acceptors (Lipinski definition) is 2. The first-order valence-corrected chi connectivity index (χ1v) is 9.91. The zero-order valence-electron chi connectivity index (χ0n) is 15.0. The smallest absolute Gasteiger partial charge is 0.0612 e. The number of rotatable bonds is 7. The van der Waals surface area contributed by atoms with Gasteiger partial charge >= 0.3 is 0 Å². The van der Waals surface area contributed by atoms with E-state index in [-0.39, 0.29) is 12.4 Å². The first-order valence-electron chi connectivity index (χ1n) is 9.16. The molecule has 1 heterocycles. The lowest BCUT2D eigenvalue weighted by atomic mass is 9.90. The Morgan fingerprint density at radius 3 is 2.38 bits per heavy atom. The minimum Gasteiger partial charge on any atom is -0.385 e. The van der Waals surface area contributed by atoms with Crippen LogP contribution >= 0.6 is 35.6 Å². The van der Waals surface area contributed by atoms with Crippen molar-refractivity contribution < 1.29 is 0 Å². The fourth-order valence-corrected chi connectivity index (χ4v) is 3.80. The first-order chi connectivity index (χ1) is 12.2. The molecule has 3 rings (SSSR count). The normalized spacial score (nSPS) is 15.5. The Morgan fingerprint density at radius 1 is 0.962 bits per heavy atom. The molecule has 1 N–H and O–H groups in total. The van der Waals surface area contributed by atoms with E-state index >= 15 is 0 Å². The molecule has 0 radical (unpaired) electrons. The number of nitrogens with one attached hydrogen (secondary N) is 1. The SMILES string of the molecule is Cl.Clc1ccc(NCCCN2CCC(Cc3ccccc3)CC2)cc1Cl. The maximum Gasteiger partial charge on any atom is 0.0612 e. The molecule has 26 heavy (non-hydrogen) atoms. The van der Waals surface area contributed by atoms with E-state index in [1.54, 1.807) is 0 Å². The van der Waals surface area contributed by atoms with Gasteiger partial charge in [-0.05, 0) is 75.0 Å². The molecule has 0 aromatic heterocycles. The summed E-state index contributed by atoms with van der Waals surface area (Å²) in [7, 11) is 0. The van der Waals surface area contributed by atoms with Crippen LogP contribution in [0.4, 0.5) is 5.69 Å². The zero-order valence-corrected chi connectivity index (χ0v) is 17.3. The molecule has 0 bridgehead atoms. The van der Waals surface area contributed by atoms with Gasteiger partial charge in [-0.2, -0.15) is 0 Å². The van der Waals surface area contributed by atoms with Crippen LogP contribution in [0, 0.1) is 5.92 Å². The summed E-state index contributed by atoms with van der Waals surface area (Å²) in [4.78, 5) is 2.60. The van der Waals surface area contributed by atoms with Crippen LogP contribution in [0.25, 0.3) is 0 Å². The standard InChI is InChI=1S/C21H26Cl2N2.ClH/c22-20-8-7-19(16-21(20)23)24-11-4-12-25-13-9-18(10-14-25)15-17-5-2-1-3-6-17;/h1-3,5-8,16,18,24H,4,9-15H2;1H. The molecule has 1 aliphatic rings. The van der Waals surface area contributed by atoms with Gasteiger partial charge in [-0.15, -0.1) is 12.4 Å². The summed E-state index contributed by atoms with van der Waals surface area (Å²) in [6, 6.07) is 16.6. The van der Waals surface area contributed by atoms with Crippen LogP contribution in [0.1, 0.15) is 24.8 Å². The molecule has 2 aromatic rings. The number of benzene rings is 2. The van der Waals surface area contributed by atoms with E-state index in [1.165, 1.54) is 37.9 Å². The van der Waals surface area contributed by atoms with Crippen molar-refractivity contribution in [3.63, 3.8) is 0 Å². The molecule has 1 fully saturated rings. The van der Waals surface area contributed by atoms with Crippen LogP contribution in [-0.4, -0.2) is 31.1 Å². The van der Waals surface area contributed by atoms with Gasteiger partial charge in [0.15, 0.2) is 0 Å². The zero-order chi connectivity index (χ0) is 17.5. The lowest BCUT2D eigenvalue weighted by Gasteiger charge is -2.32. The number of piperidine rings is 1. The Hall–Kier alpha value is -0.930. The van der Waals surface area contributed by atoms with Gasteiger partial charge in [0.1, 0.15) is 0 Å². The molecule has 0 saturated carbocycles. The Labute approximate surface area is 173 Å². The maximum absolute atomic E-state index is 6.04. The Kier molecular flexibility index (Phi) is 9.07. The van der Waals surface area contributed by atoms with Crippen molar-refractivity contribution in [1.82, 2.24) is 4.90 Å². The highest BCUT2D eigenvalue weighted by Gasteiger charge is 2.18. The second kappa shape index (κ2) is 11.0. The van der Waals surface area contributed by atoms with Gasteiger partial charge in [0.2, 0.25) is 0 Å². The van der Waals surface area contributed by atoms with E-state index in [2.05, 4.69) is 40.5 Å². The van der Waals surface area contributed by atoms with Crippen LogP contribution in [0.2, 0.25) is 10.0 Å². The number of hydrogen-bond donors (Lipinski definition) is 1.